The summed E-state index contributed by atoms with van der Waals surface area (Å²) in [6.45, 7) is 4.63. The number of carbonyl (C=O) groups is 1. The molecule has 1 saturated heterocycles. The molecule has 2 aromatic rings. The van der Waals surface area contributed by atoms with Crippen molar-refractivity contribution in [3.63, 3.8) is 0 Å². The number of aromatic nitrogens is 1. The van der Waals surface area contributed by atoms with Crippen molar-refractivity contribution < 1.29 is 9.53 Å². The molecule has 172 valence electrons. The molecule has 2 fully saturated rings. The summed E-state index contributed by atoms with van der Waals surface area (Å²) in [6.07, 6.45) is 6.36. The fourth-order valence-electron chi connectivity index (χ4n) is 4.18. The first-order valence-corrected chi connectivity index (χ1v) is 11.7. The van der Waals surface area contributed by atoms with Gasteiger partial charge in [-0.15, -0.1) is 0 Å². The number of nitrogens with zero attached hydrogens (tertiary/aromatic N) is 2. The zero-order chi connectivity index (χ0) is 22.2. The number of benzene rings is 1. The standard InChI is InChI=1S/C25H35N5O2/c1-32-24-5-3-2-4-20(24)18-30-12-9-22(10-13-30)29-25(31)17-26-16-23-14-19(8-11-27-23)15-28-21-6-7-21/h2-5,8,11,14,21-22,26,28H,6-7,9-10,12-13,15-18H2,1H3,(H,29,31). The van der Waals surface area contributed by atoms with Crippen LogP contribution in [0, 0.1) is 0 Å². The summed E-state index contributed by atoms with van der Waals surface area (Å²) in [5, 5.41) is 9.93. The monoisotopic (exact) mass is 437 g/mol. The highest BCUT2D eigenvalue weighted by atomic mass is 16.5. The number of hydrogen-bond acceptors (Lipinski definition) is 6. The minimum atomic E-state index is 0.0553. The molecule has 0 atom stereocenters. The Morgan fingerprint density at radius 3 is 2.69 bits per heavy atom. The molecule has 2 heterocycles. The van der Waals surface area contributed by atoms with E-state index in [1.807, 2.05) is 24.4 Å². The van der Waals surface area contributed by atoms with E-state index in [0.717, 1.165) is 50.5 Å². The van der Waals surface area contributed by atoms with Crippen molar-refractivity contribution >= 4 is 5.91 Å². The summed E-state index contributed by atoms with van der Waals surface area (Å²) in [5.41, 5.74) is 3.42. The molecule has 0 radical (unpaired) electrons. The van der Waals surface area contributed by atoms with Crippen molar-refractivity contribution in [1.82, 2.24) is 25.8 Å². The average molecular weight is 438 g/mol. The summed E-state index contributed by atoms with van der Waals surface area (Å²) < 4.78 is 5.46. The Balaban J connectivity index is 1.13. The number of likely N-dealkylation sites (tertiary alicyclic amines) is 1. The van der Waals surface area contributed by atoms with Crippen LogP contribution in [0.25, 0.3) is 0 Å². The van der Waals surface area contributed by atoms with Crippen molar-refractivity contribution in [2.45, 2.75) is 57.4 Å². The number of nitrogens with one attached hydrogen (secondary N) is 3. The molecule has 32 heavy (non-hydrogen) atoms. The van der Waals surface area contributed by atoms with Crippen LogP contribution in [-0.2, 0) is 24.4 Å². The maximum atomic E-state index is 12.4. The summed E-state index contributed by atoms with van der Waals surface area (Å²) in [7, 11) is 1.72. The van der Waals surface area contributed by atoms with Gasteiger partial charge in [-0.3, -0.25) is 14.7 Å². The lowest BCUT2D eigenvalue weighted by Gasteiger charge is -2.32. The molecule has 0 unspecified atom stereocenters. The van der Waals surface area contributed by atoms with Gasteiger partial charge in [-0.1, -0.05) is 18.2 Å². The van der Waals surface area contributed by atoms with Gasteiger partial charge in [-0.2, -0.15) is 0 Å². The fourth-order valence-corrected chi connectivity index (χ4v) is 4.18. The molecule has 1 aliphatic heterocycles. The Kier molecular flexibility index (Phi) is 8.09. The van der Waals surface area contributed by atoms with Crippen LogP contribution in [0.2, 0.25) is 0 Å². The van der Waals surface area contributed by atoms with E-state index in [4.69, 9.17) is 4.74 Å². The van der Waals surface area contributed by atoms with Crippen LogP contribution in [0.5, 0.6) is 5.75 Å². The number of piperidine rings is 1. The van der Waals surface area contributed by atoms with Gasteiger partial charge >= 0.3 is 0 Å². The molecule has 1 aromatic heterocycles. The second-order valence-electron chi connectivity index (χ2n) is 8.84. The van der Waals surface area contributed by atoms with Gasteiger partial charge in [0.2, 0.25) is 5.91 Å². The molecule has 1 aromatic carbocycles. The zero-order valence-electron chi connectivity index (χ0n) is 19.0. The van der Waals surface area contributed by atoms with E-state index in [0.29, 0.717) is 19.1 Å². The van der Waals surface area contributed by atoms with Gasteiger partial charge in [0.15, 0.2) is 0 Å². The summed E-state index contributed by atoms with van der Waals surface area (Å²) >= 11 is 0. The molecule has 4 rings (SSSR count). The first-order chi connectivity index (χ1) is 15.7. The van der Waals surface area contributed by atoms with Gasteiger partial charge < -0.3 is 20.7 Å². The highest BCUT2D eigenvalue weighted by molar-refractivity contribution is 5.78. The molecular formula is C25H35N5O2. The van der Waals surface area contributed by atoms with Gasteiger partial charge in [-0.25, -0.2) is 0 Å². The normalized spacial score (nSPS) is 17.3. The minimum absolute atomic E-state index is 0.0553. The molecule has 1 amide bonds. The van der Waals surface area contributed by atoms with Gasteiger partial charge in [0.25, 0.3) is 0 Å². The summed E-state index contributed by atoms with van der Waals surface area (Å²) in [4.78, 5) is 19.2. The van der Waals surface area contributed by atoms with Crippen LogP contribution in [-0.4, -0.2) is 54.6 Å². The maximum Gasteiger partial charge on any atom is 0.234 e. The predicted octanol–water partition coefficient (Wildman–Crippen LogP) is 2.21. The molecule has 2 aliphatic rings. The van der Waals surface area contributed by atoms with E-state index < -0.39 is 0 Å². The Hall–Kier alpha value is -2.48. The van der Waals surface area contributed by atoms with Crippen molar-refractivity contribution in [3.8, 4) is 5.75 Å². The molecule has 7 heteroatoms. The van der Waals surface area contributed by atoms with Crippen LogP contribution < -0.4 is 20.7 Å². The van der Waals surface area contributed by atoms with Gasteiger partial charge in [-0.05, 0) is 49.4 Å². The van der Waals surface area contributed by atoms with Gasteiger partial charge in [0.05, 0.1) is 19.3 Å². The number of ether oxygens (including phenoxy) is 1. The third-order valence-electron chi connectivity index (χ3n) is 6.18. The Morgan fingerprint density at radius 2 is 1.91 bits per heavy atom. The number of amides is 1. The minimum Gasteiger partial charge on any atom is -0.496 e. The lowest BCUT2D eigenvalue weighted by molar-refractivity contribution is -0.121. The third-order valence-corrected chi connectivity index (χ3v) is 6.18. The van der Waals surface area contributed by atoms with Crippen LogP contribution in [0.3, 0.4) is 0 Å². The van der Waals surface area contributed by atoms with Crippen molar-refractivity contribution in [2.75, 3.05) is 26.7 Å². The third kappa shape index (κ3) is 7.02. The average Bonchev–Trinajstić information content (AvgIpc) is 3.64. The molecule has 1 saturated carbocycles. The van der Waals surface area contributed by atoms with Crippen LogP contribution in [0.15, 0.2) is 42.6 Å². The van der Waals surface area contributed by atoms with E-state index in [2.05, 4.69) is 44.0 Å². The first-order valence-electron chi connectivity index (χ1n) is 11.7. The van der Waals surface area contributed by atoms with Crippen LogP contribution >= 0.6 is 0 Å². The van der Waals surface area contributed by atoms with E-state index >= 15 is 0 Å². The molecule has 0 spiro atoms. The number of hydrogen-bond donors (Lipinski definition) is 3. The number of carbonyl (C=O) groups excluding carboxylic acids is 1. The van der Waals surface area contributed by atoms with E-state index in [-0.39, 0.29) is 11.9 Å². The van der Waals surface area contributed by atoms with Crippen molar-refractivity contribution in [3.05, 3.63) is 59.4 Å². The highest BCUT2D eigenvalue weighted by Gasteiger charge is 2.21. The predicted molar refractivity (Wildman–Crippen MR) is 125 cm³/mol. The van der Waals surface area contributed by atoms with Crippen molar-refractivity contribution in [1.29, 1.82) is 0 Å². The van der Waals surface area contributed by atoms with Gasteiger partial charge in [0.1, 0.15) is 5.75 Å². The number of rotatable bonds is 11. The smallest absolute Gasteiger partial charge is 0.234 e. The van der Waals surface area contributed by atoms with E-state index in [1.165, 1.54) is 24.0 Å². The molecule has 3 N–H and O–H groups in total. The maximum absolute atomic E-state index is 12.4. The zero-order valence-corrected chi connectivity index (χ0v) is 19.0. The largest absolute Gasteiger partial charge is 0.496 e. The highest BCUT2D eigenvalue weighted by Crippen LogP contribution is 2.21. The lowest BCUT2D eigenvalue weighted by atomic mass is 10.0. The van der Waals surface area contributed by atoms with Gasteiger partial charge in [0, 0.05) is 56.6 Å². The summed E-state index contributed by atoms with van der Waals surface area (Å²) in [6, 6.07) is 13.3. The number of pyridine rings is 1. The Morgan fingerprint density at radius 1 is 1.09 bits per heavy atom. The van der Waals surface area contributed by atoms with Crippen molar-refractivity contribution in [2.24, 2.45) is 0 Å². The number of methoxy groups -OCH3 is 1. The first kappa shape index (κ1) is 22.7. The number of para-hydroxylation sites is 1. The second-order valence-corrected chi connectivity index (χ2v) is 8.84. The lowest BCUT2D eigenvalue weighted by Crippen LogP contribution is -2.46. The van der Waals surface area contributed by atoms with E-state index in [9.17, 15) is 4.79 Å². The Labute approximate surface area is 190 Å². The van der Waals surface area contributed by atoms with Crippen LogP contribution in [0.1, 0.15) is 42.5 Å². The van der Waals surface area contributed by atoms with E-state index in [1.54, 1.807) is 7.11 Å². The Bertz CT molecular complexity index is 878. The SMILES string of the molecule is COc1ccccc1CN1CCC(NC(=O)CNCc2cc(CNC3CC3)ccn2)CC1. The second kappa shape index (κ2) is 11.4. The quantitative estimate of drug-likeness (QED) is 0.500. The molecule has 1 aliphatic carbocycles. The molecule has 0 bridgehead atoms. The molecule has 7 nitrogen and oxygen atoms in total. The topological polar surface area (TPSA) is 78.5 Å². The molecular weight excluding hydrogens is 402 g/mol. The summed E-state index contributed by atoms with van der Waals surface area (Å²) in [5.74, 6) is 0.993. The fraction of sp³-hybridized carbons (Fsp3) is 0.520. The van der Waals surface area contributed by atoms with Crippen LogP contribution in [0.4, 0.5) is 0 Å².